The molecule has 0 aliphatic rings. The molecule has 2 aromatic rings. The van der Waals surface area contributed by atoms with Gasteiger partial charge in [-0.05, 0) is 29.7 Å². The number of ether oxygens (including phenoxy) is 1. The fraction of sp³-hybridized carbons (Fsp3) is 0.278. The summed E-state index contributed by atoms with van der Waals surface area (Å²) in [6, 6.07) is 14.7. The van der Waals surface area contributed by atoms with Gasteiger partial charge in [0.25, 0.3) is 0 Å². The highest BCUT2D eigenvalue weighted by Crippen LogP contribution is 2.20. The first kappa shape index (κ1) is 15.4. The lowest BCUT2D eigenvalue weighted by molar-refractivity contribution is 0.139. The van der Waals surface area contributed by atoms with Gasteiger partial charge < -0.3 is 10.1 Å². The zero-order chi connectivity index (χ0) is 14.8. The Kier molecular flexibility index (Phi) is 6.65. The molecule has 0 radical (unpaired) electrons. The second-order valence-corrected chi connectivity index (χ2v) is 4.77. The van der Waals surface area contributed by atoms with Crippen LogP contribution in [0.15, 0.2) is 67.5 Å². The third-order valence-corrected chi connectivity index (χ3v) is 3.23. The average molecular weight is 282 g/mol. The van der Waals surface area contributed by atoms with E-state index < -0.39 is 0 Å². The second kappa shape index (κ2) is 9.06. The van der Waals surface area contributed by atoms with E-state index in [9.17, 15) is 0 Å². The normalized spacial score (nSPS) is 12.0. The molecule has 3 heteroatoms. The Morgan fingerprint density at radius 3 is 2.48 bits per heavy atom. The number of hydrogen-bond acceptors (Lipinski definition) is 3. The molecule has 1 aromatic heterocycles. The van der Waals surface area contributed by atoms with Gasteiger partial charge in [0.05, 0.1) is 19.3 Å². The van der Waals surface area contributed by atoms with Gasteiger partial charge in [0, 0.05) is 18.9 Å². The smallest absolute Gasteiger partial charge is 0.0591 e. The SMILES string of the molecule is C=CCCOCCNC(c1ccccc1)c1ccncc1. The van der Waals surface area contributed by atoms with Crippen molar-refractivity contribution in [3.8, 4) is 0 Å². The molecule has 3 nitrogen and oxygen atoms in total. The van der Waals surface area contributed by atoms with Crippen LogP contribution in [0.1, 0.15) is 23.6 Å². The van der Waals surface area contributed by atoms with E-state index >= 15 is 0 Å². The van der Waals surface area contributed by atoms with Crippen LogP contribution in [0.5, 0.6) is 0 Å². The first-order valence-electron chi connectivity index (χ1n) is 7.28. The van der Waals surface area contributed by atoms with E-state index in [1.54, 1.807) is 0 Å². The van der Waals surface area contributed by atoms with Crippen LogP contribution in [0.2, 0.25) is 0 Å². The molecule has 1 atom stereocenters. The quantitative estimate of drug-likeness (QED) is 0.566. The van der Waals surface area contributed by atoms with Crippen LogP contribution in [0.3, 0.4) is 0 Å². The molecule has 0 aliphatic carbocycles. The van der Waals surface area contributed by atoms with E-state index in [0.717, 1.165) is 19.6 Å². The van der Waals surface area contributed by atoms with E-state index in [-0.39, 0.29) is 6.04 Å². The molecule has 0 saturated heterocycles. The van der Waals surface area contributed by atoms with Crippen molar-refractivity contribution in [2.45, 2.75) is 12.5 Å². The van der Waals surface area contributed by atoms with Crippen molar-refractivity contribution >= 4 is 0 Å². The van der Waals surface area contributed by atoms with Gasteiger partial charge >= 0.3 is 0 Å². The Balaban J connectivity index is 1.95. The molecular weight excluding hydrogens is 260 g/mol. The highest BCUT2D eigenvalue weighted by Gasteiger charge is 2.12. The van der Waals surface area contributed by atoms with Crippen LogP contribution in [-0.2, 0) is 4.74 Å². The molecule has 1 heterocycles. The molecule has 1 N–H and O–H groups in total. The lowest BCUT2D eigenvalue weighted by Gasteiger charge is -2.19. The standard InChI is InChI=1S/C18H22N2O/c1-2-3-14-21-15-13-20-18(16-7-5-4-6-8-16)17-9-11-19-12-10-17/h2,4-12,18,20H,1,3,13-15H2. The summed E-state index contributed by atoms with van der Waals surface area (Å²) in [6.07, 6.45) is 6.42. The molecule has 2 rings (SSSR count). The predicted octanol–water partition coefficient (Wildman–Crippen LogP) is 3.35. The largest absolute Gasteiger partial charge is 0.380 e. The number of nitrogens with zero attached hydrogens (tertiary/aromatic N) is 1. The molecule has 0 fully saturated rings. The first-order chi connectivity index (χ1) is 10.4. The maximum absolute atomic E-state index is 5.55. The van der Waals surface area contributed by atoms with Gasteiger partial charge in [0.2, 0.25) is 0 Å². The molecule has 1 aromatic carbocycles. The Labute approximate surface area is 126 Å². The van der Waals surface area contributed by atoms with Gasteiger partial charge in [-0.1, -0.05) is 36.4 Å². The fourth-order valence-corrected chi connectivity index (χ4v) is 2.17. The summed E-state index contributed by atoms with van der Waals surface area (Å²) in [6.45, 7) is 5.92. The maximum atomic E-state index is 5.55. The average Bonchev–Trinajstić information content (AvgIpc) is 2.56. The third-order valence-electron chi connectivity index (χ3n) is 3.23. The van der Waals surface area contributed by atoms with E-state index in [0.29, 0.717) is 6.61 Å². The van der Waals surface area contributed by atoms with Gasteiger partial charge in [0.1, 0.15) is 0 Å². The van der Waals surface area contributed by atoms with E-state index in [4.69, 9.17) is 4.74 Å². The van der Waals surface area contributed by atoms with Crippen molar-refractivity contribution in [3.05, 3.63) is 78.6 Å². The summed E-state index contributed by atoms with van der Waals surface area (Å²) >= 11 is 0. The molecule has 110 valence electrons. The Morgan fingerprint density at radius 1 is 1.05 bits per heavy atom. The van der Waals surface area contributed by atoms with Crippen LogP contribution in [0.25, 0.3) is 0 Å². The van der Waals surface area contributed by atoms with E-state index in [2.05, 4.69) is 41.1 Å². The van der Waals surface area contributed by atoms with E-state index in [1.165, 1.54) is 11.1 Å². The Hall–Kier alpha value is -1.97. The van der Waals surface area contributed by atoms with Crippen LogP contribution in [0.4, 0.5) is 0 Å². The third kappa shape index (κ3) is 5.14. The molecule has 21 heavy (non-hydrogen) atoms. The van der Waals surface area contributed by atoms with Crippen molar-refractivity contribution in [2.75, 3.05) is 19.8 Å². The van der Waals surface area contributed by atoms with Crippen LogP contribution < -0.4 is 5.32 Å². The van der Waals surface area contributed by atoms with Crippen molar-refractivity contribution < 1.29 is 4.74 Å². The summed E-state index contributed by atoms with van der Waals surface area (Å²) < 4.78 is 5.55. The summed E-state index contributed by atoms with van der Waals surface area (Å²) in [5.41, 5.74) is 2.46. The number of benzene rings is 1. The molecule has 0 aliphatic heterocycles. The van der Waals surface area contributed by atoms with Crippen LogP contribution in [0, 0.1) is 0 Å². The molecular formula is C18H22N2O. The van der Waals surface area contributed by atoms with Crippen molar-refractivity contribution in [3.63, 3.8) is 0 Å². The van der Waals surface area contributed by atoms with Gasteiger partial charge in [-0.25, -0.2) is 0 Å². The number of aromatic nitrogens is 1. The molecule has 0 spiro atoms. The minimum absolute atomic E-state index is 0.164. The summed E-state index contributed by atoms with van der Waals surface area (Å²) in [4.78, 5) is 4.09. The number of rotatable bonds is 9. The Bertz CT molecular complexity index is 474. The number of hydrogen-bond donors (Lipinski definition) is 1. The molecule has 0 saturated carbocycles. The maximum Gasteiger partial charge on any atom is 0.0591 e. The van der Waals surface area contributed by atoms with Gasteiger partial charge in [-0.15, -0.1) is 6.58 Å². The van der Waals surface area contributed by atoms with Crippen molar-refractivity contribution in [1.29, 1.82) is 0 Å². The highest BCUT2D eigenvalue weighted by molar-refractivity contribution is 5.30. The van der Waals surface area contributed by atoms with E-state index in [1.807, 2.05) is 36.7 Å². The highest BCUT2D eigenvalue weighted by atomic mass is 16.5. The summed E-state index contributed by atoms with van der Waals surface area (Å²) in [5.74, 6) is 0. The molecule has 0 bridgehead atoms. The Morgan fingerprint density at radius 2 is 1.76 bits per heavy atom. The topological polar surface area (TPSA) is 34.1 Å². The second-order valence-electron chi connectivity index (χ2n) is 4.77. The predicted molar refractivity (Wildman–Crippen MR) is 86.2 cm³/mol. The van der Waals surface area contributed by atoms with Crippen LogP contribution >= 0.6 is 0 Å². The van der Waals surface area contributed by atoms with Crippen molar-refractivity contribution in [1.82, 2.24) is 10.3 Å². The molecule has 1 unspecified atom stereocenters. The number of pyridine rings is 1. The fourth-order valence-electron chi connectivity index (χ4n) is 2.17. The van der Waals surface area contributed by atoms with Crippen LogP contribution in [-0.4, -0.2) is 24.7 Å². The van der Waals surface area contributed by atoms with Gasteiger partial charge in [0.15, 0.2) is 0 Å². The molecule has 0 amide bonds. The zero-order valence-corrected chi connectivity index (χ0v) is 12.2. The van der Waals surface area contributed by atoms with Gasteiger partial charge in [-0.2, -0.15) is 0 Å². The number of nitrogens with one attached hydrogen (secondary N) is 1. The lowest BCUT2D eigenvalue weighted by atomic mass is 10.00. The minimum Gasteiger partial charge on any atom is -0.380 e. The van der Waals surface area contributed by atoms with Crippen molar-refractivity contribution in [2.24, 2.45) is 0 Å². The summed E-state index contributed by atoms with van der Waals surface area (Å²) in [7, 11) is 0. The monoisotopic (exact) mass is 282 g/mol. The zero-order valence-electron chi connectivity index (χ0n) is 12.2. The lowest BCUT2D eigenvalue weighted by Crippen LogP contribution is -2.26. The first-order valence-corrected chi connectivity index (χ1v) is 7.28. The minimum atomic E-state index is 0.164. The summed E-state index contributed by atoms with van der Waals surface area (Å²) in [5, 5.41) is 3.55. The van der Waals surface area contributed by atoms with Gasteiger partial charge in [-0.3, -0.25) is 4.98 Å².